The highest BCUT2D eigenvalue weighted by molar-refractivity contribution is 5.85. The minimum atomic E-state index is -4.65. The number of benzene rings is 1. The van der Waals surface area contributed by atoms with E-state index in [1.54, 1.807) is 6.07 Å². The zero-order chi connectivity index (χ0) is 11.1. The van der Waals surface area contributed by atoms with E-state index in [0.717, 1.165) is 12.8 Å². The Morgan fingerprint density at radius 2 is 1.88 bits per heavy atom. The van der Waals surface area contributed by atoms with Gasteiger partial charge in [-0.25, -0.2) is 0 Å². The normalized spacial score (nSPS) is 17.5. The summed E-state index contributed by atoms with van der Waals surface area (Å²) < 4.78 is 39.6. The summed E-state index contributed by atoms with van der Waals surface area (Å²) >= 11 is 0. The Labute approximate surface area is 97.0 Å². The summed E-state index contributed by atoms with van der Waals surface area (Å²) in [6.07, 6.45) is -3.03. The number of nitrogens with two attached hydrogens (primary N) is 1. The molecule has 1 aliphatic rings. The summed E-state index contributed by atoms with van der Waals surface area (Å²) in [6.45, 7) is 0. The van der Waals surface area contributed by atoms with Crippen molar-refractivity contribution in [3.8, 4) is 5.75 Å². The topological polar surface area (TPSA) is 35.2 Å². The zero-order valence-corrected chi connectivity index (χ0v) is 9.07. The standard InChI is InChI=1S/C10H10F3NO.ClH/c11-10(12,13)15-8-3-1-2-7(6-8)9(14)4-5-9;/h1-3,6H,4-5,14H2;1H. The lowest BCUT2D eigenvalue weighted by atomic mass is 10.1. The summed E-state index contributed by atoms with van der Waals surface area (Å²) in [7, 11) is 0. The highest BCUT2D eigenvalue weighted by Gasteiger charge is 2.40. The third-order valence-corrected chi connectivity index (χ3v) is 2.43. The molecule has 0 spiro atoms. The van der Waals surface area contributed by atoms with Gasteiger partial charge in [-0.15, -0.1) is 25.6 Å². The number of rotatable bonds is 2. The van der Waals surface area contributed by atoms with Gasteiger partial charge < -0.3 is 10.5 Å². The molecule has 0 aromatic heterocycles. The second kappa shape index (κ2) is 4.14. The number of hydrogen-bond donors (Lipinski definition) is 1. The van der Waals surface area contributed by atoms with Crippen LogP contribution >= 0.6 is 12.4 Å². The molecule has 0 radical (unpaired) electrons. The van der Waals surface area contributed by atoms with Crippen molar-refractivity contribution in [2.45, 2.75) is 24.7 Å². The Hall–Kier alpha value is -0.940. The van der Waals surface area contributed by atoms with Crippen LogP contribution in [0.4, 0.5) is 13.2 Å². The SMILES string of the molecule is Cl.NC1(c2cccc(OC(F)(F)F)c2)CC1. The molecule has 2 nitrogen and oxygen atoms in total. The molecule has 0 atom stereocenters. The maximum absolute atomic E-state index is 11.9. The first kappa shape index (κ1) is 13.1. The quantitative estimate of drug-likeness (QED) is 0.880. The van der Waals surface area contributed by atoms with Gasteiger partial charge in [0.15, 0.2) is 0 Å². The second-order valence-corrected chi connectivity index (χ2v) is 3.73. The molecule has 2 N–H and O–H groups in total. The van der Waals surface area contributed by atoms with Gasteiger partial charge in [0.25, 0.3) is 0 Å². The fourth-order valence-corrected chi connectivity index (χ4v) is 1.43. The second-order valence-electron chi connectivity index (χ2n) is 3.73. The zero-order valence-electron chi connectivity index (χ0n) is 8.25. The largest absolute Gasteiger partial charge is 0.573 e. The van der Waals surface area contributed by atoms with Crippen LogP contribution in [0.3, 0.4) is 0 Å². The average Bonchev–Trinajstić information content (AvgIpc) is 2.82. The highest BCUT2D eigenvalue weighted by Crippen LogP contribution is 2.43. The lowest BCUT2D eigenvalue weighted by Gasteiger charge is -2.12. The van der Waals surface area contributed by atoms with Gasteiger partial charge in [0, 0.05) is 5.54 Å². The van der Waals surface area contributed by atoms with Crippen molar-refractivity contribution in [3.63, 3.8) is 0 Å². The summed E-state index contributed by atoms with van der Waals surface area (Å²) in [5.41, 5.74) is 6.12. The van der Waals surface area contributed by atoms with Crippen LogP contribution in [0.25, 0.3) is 0 Å². The summed E-state index contributed by atoms with van der Waals surface area (Å²) in [5.74, 6) is -0.211. The minimum Gasteiger partial charge on any atom is -0.406 e. The average molecular weight is 254 g/mol. The van der Waals surface area contributed by atoms with Gasteiger partial charge in [0.2, 0.25) is 0 Å². The van der Waals surface area contributed by atoms with Crippen LogP contribution in [0.15, 0.2) is 24.3 Å². The van der Waals surface area contributed by atoms with Gasteiger partial charge in [-0.3, -0.25) is 0 Å². The maximum atomic E-state index is 11.9. The molecule has 2 rings (SSSR count). The summed E-state index contributed by atoms with van der Waals surface area (Å²) in [5, 5.41) is 0. The maximum Gasteiger partial charge on any atom is 0.573 e. The number of alkyl halides is 3. The highest BCUT2D eigenvalue weighted by atomic mass is 35.5. The Morgan fingerprint density at radius 1 is 1.25 bits per heavy atom. The van der Waals surface area contributed by atoms with Crippen molar-refractivity contribution in [3.05, 3.63) is 29.8 Å². The van der Waals surface area contributed by atoms with Gasteiger partial charge in [-0.2, -0.15) is 0 Å². The van der Waals surface area contributed by atoms with Crippen LogP contribution in [0.5, 0.6) is 5.75 Å². The Morgan fingerprint density at radius 3 is 2.38 bits per heavy atom. The number of halogens is 4. The van der Waals surface area contributed by atoms with E-state index < -0.39 is 11.9 Å². The van der Waals surface area contributed by atoms with Crippen LogP contribution in [0.2, 0.25) is 0 Å². The monoisotopic (exact) mass is 253 g/mol. The van der Waals surface area contributed by atoms with Crippen molar-refractivity contribution in [1.82, 2.24) is 0 Å². The van der Waals surface area contributed by atoms with Gasteiger partial charge in [0.1, 0.15) is 5.75 Å². The molecule has 1 aromatic rings. The number of ether oxygens (including phenoxy) is 1. The molecule has 0 aliphatic heterocycles. The Bertz CT molecular complexity index is 377. The third kappa shape index (κ3) is 3.02. The van der Waals surface area contributed by atoms with E-state index in [4.69, 9.17) is 5.73 Å². The van der Waals surface area contributed by atoms with E-state index in [-0.39, 0.29) is 18.2 Å². The van der Waals surface area contributed by atoms with Crippen molar-refractivity contribution < 1.29 is 17.9 Å². The van der Waals surface area contributed by atoms with E-state index >= 15 is 0 Å². The first-order valence-corrected chi connectivity index (χ1v) is 4.54. The van der Waals surface area contributed by atoms with Gasteiger partial charge in [0.05, 0.1) is 0 Å². The van der Waals surface area contributed by atoms with Crippen LogP contribution in [-0.2, 0) is 5.54 Å². The van der Waals surface area contributed by atoms with Crippen LogP contribution in [-0.4, -0.2) is 6.36 Å². The van der Waals surface area contributed by atoms with E-state index in [1.165, 1.54) is 18.2 Å². The molecule has 0 heterocycles. The van der Waals surface area contributed by atoms with Gasteiger partial charge in [-0.1, -0.05) is 12.1 Å². The molecular weight excluding hydrogens is 243 g/mol. The molecule has 1 saturated carbocycles. The van der Waals surface area contributed by atoms with Crippen LogP contribution < -0.4 is 10.5 Å². The van der Waals surface area contributed by atoms with Gasteiger partial charge in [-0.05, 0) is 30.5 Å². The van der Waals surface area contributed by atoms with Crippen molar-refractivity contribution >= 4 is 12.4 Å². The van der Waals surface area contributed by atoms with Crippen LogP contribution in [0.1, 0.15) is 18.4 Å². The first-order chi connectivity index (χ1) is 6.89. The predicted molar refractivity (Wildman–Crippen MR) is 55.5 cm³/mol. The molecule has 1 aromatic carbocycles. The molecule has 0 bridgehead atoms. The predicted octanol–water partition coefficient (Wildman–Crippen LogP) is 2.95. The van der Waals surface area contributed by atoms with E-state index in [1.807, 2.05) is 0 Å². The van der Waals surface area contributed by atoms with Crippen molar-refractivity contribution in [2.75, 3.05) is 0 Å². The fourth-order valence-electron chi connectivity index (χ4n) is 1.43. The summed E-state index contributed by atoms with van der Waals surface area (Å²) in [6, 6.07) is 5.85. The van der Waals surface area contributed by atoms with Crippen molar-refractivity contribution in [1.29, 1.82) is 0 Å². The molecule has 0 amide bonds. The minimum absolute atomic E-state index is 0. The molecular formula is C10H11ClF3NO. The lowest BCUT2D eigenvalue weighted by Crippen LogP contribution is -2.20. The Balaban J connectivity index is 0.00000128. The van der Waals surface area contributed by atoms with Gasteiger partial charge >= 0.3 is 6.36 Å². The molecule has 90 valence electrons. The van der Waals surface area contributed by atoms with Crippen LogP contribution in [0, 0.1) is 0 Å². The lowest BCUT2D eigenvalue weighted by molar-refractivity contribution is -0.274. The molecule has 1 aliphatic carbocycles. The molecule has 6 heteroatoms. The molecule has 0 unspecified atom stereocenters. The van der Waals surface area contributed by atoms with E-state index in [2.05, 4.69) is 4.74 Å². The Kier molecular flexibility index (Phi) is 3.40. The third-order valence-electron chi connectivity index (χ3n) is 2.43. The molecule has 0 saturated heterocycles. The first-order valence-electron chi connectivity index (χ1n) is 4.54. The molecule has 1 fully saturated rings. The van der Waals surface area contributed by atoms with Crippen molar-refractivity contribution in [2.24, 2.45) is 5.73 Å². The fraction of sp³-hybridized carbons (Fsp3) is 0.400. The summed E-state index contributed by atoms with van der Waals surface area (Å²) in [4.78, 5) is 0. The number of hydrogen-bond acceptors (Lipinski definition) is 2. The smallest absolute Gasteiger partial charge is 0.406 e. The molecule has 16 heavy (non-hydrogen) atoms. The van der Waals surface area contributed by atoms with E-state index in [0.29, 0.717) is 5.56 Å². The van der Waals surface area contributed by atoms with E-state index in [9.17, 15) is 13.2 Å².